The molecular weight excluding hydrogens is 454 g/mol. The van der Waals surface area contributed by atoms with Crippen LogP contribution in [-0.2, 0) is 38.1 Å². The molecule has 0 aromatic carbocycles. The number of nitrogens with zero attached hydrogens (tertiary/aromatic N) is 1. The van der Waals surface area contributed by atoms with Crippen molar-refractivity contribution in [2.24, 2.45) is 0 Å². The zero-order valence-electron chi connectivity index (χ0n) is 22.1. The summed E-state index contributed by atoms with van der Waals surface area (Å²) in [4.78, 5) is 37.0. The van der Waals surface area contributed by atoms with Gasteiger partial charge in [-0.15, -0.1) is 6.42 Å². The average molecular weight is 499 g/mol. The van der Waals surface area contributed by atoms with Crippen LogP contribution in [0.3, 0.4) is 0 Å². The molecule has 0 aromatic rings. The molecule has 0 spiro atoms. The van der Waals surface area contributed by atoms with Crippen LogP contribution in [0.15, 0.2) is 0 Å². The zero-order chi connectivity index (χ0) is 26.3. The fourth-order valence-corrected chi connectivity index (χ4v) is 3.68. The summed E-state index contributed by atoms with van der Waals surface area (Å²) in [6.45, 7) is 7.45. The third-order valence-corrected chi connectivity index (χ3v) is 5.52. The quantitative estimate of drug-likeness (QED) is 0.105. The number of ether oxygens (including phenoxy) is 5. The summed E-state index contributed by atoms with van der Waals surface area (Å²) >= 11 is 0. The van der Waals surface area contributed by atoms with Gasteiger partial charge in [0.2, 0.25) is 0 Å². The van der Waals surface area contributed by atoms with Gasteiger partial charge in [0.05, 0.1) is 33.9 Å². The molecule has 1 fully saturated rings. The van der Waals surface area contributed by atoms with Gasteiger partial charge in [-0.3, -0.25) is 14.4 Å². The van der Waals surface area contributed by atoms with Crippen molar-refractivity contribution in [1.29, 1.82) is 0 Å². The number of quaternary nitrogens is 1. The van der Waals surface area contributed by atoms with E-state index in [-0.39, 0.29) is 25.9 Å². The molecule has 0 aliphatic carbocycles. The summed E-state index contributed by atoms with van der Waals surface area (Å²) in [6, 6.07) is 0. The second-order valence-corrected chi connectivity index (χ2v) is 9.49. The molecule has 1 rings (SSSR count). The van der Waals surface area contributed by atoms with Gasteiger partial charge >= 0.3 is 17.9 Å². The summed E-state index contributed by atoms with van der Waals surface area (Å²) < 4.78 is 29.4. The Hall–Kier alpha value is -2.15. The topological polar surface area (TPSA) is 97.4 Å². The van der Waals surface area contributed by atoms with E-state index in [1.807, 2.05) is 20.8 Å². The summed E-state index contributed by atoms with van der Waals surface area (Å²) in [5, 5.41) is 0. The van der Waals surface area contributed by atoms with Crippen molar-refractivity contribution in [3.05, 3.63) is 0 Å². The Labute approximate surface area is 210 Å². The van der Waals surface area contributed by atoms with Crippen LogP contribution in [0, 0.1) is 12.3 Å². The summed E-state index contributed by atoms with van der Waals surface area (Å²) in [7, 11) is 4.15. The SMILES string of the molecule is C#CC[N+](C)(C)CCCCOC1OC[C@H](OC(=O)CCC)C(OC(=O)CCC)[C@H]1OC(=O)CCC. The number of hydrogen-bond donors (Lipinski definition) is 0. The summed E-state index contributed by atoms with van der Waals surface area (Å²) in [5.74, 6) is 1.34. The van der Waals surface area contributed by atoms with Crippen LogP contribution in [0.4, 0.5) is 0 Å². The maximum absolute atomic E-state index is 12.4. The summed E-state index contributed by atoms with van der Waals surface area (Å²) in [6.07, 6.45) is 5.59. The van der Waals surface area contributed by atoms with E-state index < -0.39 is 42.5 Å². The maximum Gasteiger partial charge on any atom is 0.306 e. The van der Waals surface area contributed by atoms with E-state index >= 15 is 0 Å². The molecule has 1 aliphatic heterocycles. The van der Waals surface area contributed by atoms with Crippen molar-refractivity contribution in [3.63, 3.8) is 0 Å². The van der Waals surface area contributed by atoms with Gasteiger partial charge in [0.1, 0.15) is 6.54 Å². The van der Waals surface area contributed by atoms with E-state index in [2.05, 4.69) is 20.0 Å². The molecule has 4 atom stereocenters. The first-order valence-electron chi connectivity index (χ1n) is 12.7. The molecule has 0 N–H and O–H groups in total. The number of hydrogen-bond acceptors (Lipinski definition) is 8. The molecule has 1 aliphatic rings. The van der Waals surface area contributed by atoms with Crippen molar-refractivity contribution >= 4 is 17.9 Å². The fraction of sp³-hybridized carbons (Fsp3) is 0.808. The monoisotopic (exact) mass is 498 g/mol. The van der Waals surface area contributed by atoms with Crippen LogP contribution in [0.25, 0.3) is 0 Å². The van der Waals surface area contributed by atoms with E-state index in [0.29, 0.717) is 36.9 Å². The molecule has 0 bridgehead atoms. The van der Waals surface area contributed by atoms with Gasteiger partial charge in [-0.1, -0.05) is 20.8 Å². The Morgan fingerprint density at radius 1 is 0.886 bits per heavy atom. The Morgan fingerprint density at radius 3 is 1.97 bits per heavy atom. The minimum absolute atomic E-state index is 0.0297. The predicted molar refractivity (Wildman–Crippen MR) is 130 cm³/mol. The van der Waals surface area contributed by atoms with Crippen LogP contribution >= 0.6 is 0 Å². The number of rotatable bonds is 16. The molecule has 200 valence electrons. The van der Waals surface area contributed by atoms with E-state index in [9.17, 15) is 14.4 Å². The summed E-state index contributed by atoms with van der Waals surface area (Å²) in [5.41, 5.74) is 0. The molecular formula is C26H44NO8+. The van der Waals surface area contributed by atoms with Gasteiger partial charge in [-0.25, -0.2) is 0 Å². The van der Waals surface area contributed by atoms with Crippen LogP contribution in [0.1, 0.15) is 72.1 Å². The Balaban J connectivity index is 2.94. The van der Waals surface area contributed by atoms with Gasteiger partial charge in [0.15, 0.2) is 24.6 Å². The lowest BCUT2D eigenvalue weighted by Gasteiger charge is -2.40. The van der Waals surface area contributed by atoms with E-state index in [1.54, 1.807) is 0 Å². The second kappa shape index (κ2) is 16.5. The molecule has 1 heterocycles. The molecule has 9 heteroatoms. The largest absolute Gasteiger partial charge is 0.456 e. The van der Waals surface area contributed by atoms with Crippen molar-refractivity contribution in [1.82, 2.24) is 0 Å². The molecule has 0 aromatic heterocycles. The number of esters is 3. The minimum Gasteiger partial charge on any atom is -0.456 e. The third kappa shape index (κ3) is 11.9. The van der Waals surface area contributed by atoms with Crippen LogP contribution in [-0.4, -0.2) is 87.4 Å². The van der Waals surface area contributed by atoms with Crippen LogP contribution in [0.5, 0.6) is 0 Å². The Kier molecular flexibility index (Phi) is 14.6. The van der Waals surface area contributed by atoms with Crippen LogP contribution in [0.2, 0.25) is 0 Å². The molecule has 0 amide bonds. The minimum atomic E-state index is -1.04. The van der Waals surface area contributed by atoms with Crippen molar-refractivity contribution in [2.45, 2.75) is 96.7 Å². The van der Waals surface area contributed by atoms with E-state index in [1.165, 1.54) is 0 Å². The molecule has 35 heavy (non-hydrogen) atoms. The molecule has 9 nitrogen and oxygen atoms in total. The van der Waals surface area contributed by atoms with Gasteiger partial charge in [0, 0.05) is 19.3 Å². The van der Waals surface area contributed by atoms with Crippen molar-refractivity contribution in [2.75, 3.05) is 40.4 Å². The number of unbranched alkanes of at least 4 members (excludes halogenated alkanes) is 1. The first-order chi connectivity index (χ1) is 16.7. The predicted octanol–water partition coefficient (Wildman–Crippen LogP) is 2.98. The number of carbonyl (C=O) groups excluding carboxylic acids is 3. The van der Waals surface area contributed by atoms with E-state index in [0.717, 1.165) is 19.4 Å². The first-order valence-corrected chi connectivity index (χ1v) is 12.7. The fourth-order valence-electron chi connectivity index (χ4n) is 3.68. The zero-order valence-corrected chi connectivity index (χ0v) is 22.1. The highest BCUT2D eigenvalue weighted by Gasteiger charge is 2.48. The van der Waals surface area contributed by atoms with Gasteiger partial charge in [-0.2, -0.15) is 0 Å². The molecule has 1 saturated heterocycles. The number of carbonyl (C=O) groups is 3. The molecule has 0 saturated carbocycles. The lowest BCUT2D eigenvalue weighted by Crippen LogP contribution is -2.58. The normalized spacial score (nSPS) is 22.2. The van der Waals surface area contributed by atoms with Crippen LogP contribution < -0.4 is 0 Å². The highest BCUT2D eigenvalue weighted by molar-refractivity contribution is 5.71. The second-order valence-electron chi connectivity index (χ2n) is 9.49. The standard InChI is InChI=1S/C26H44NO8/c1-7-13-21(28)33-20-19-32-26(31-18-12-11-17-27(5,6)16-10-4)25(35-23(30)15-9-3)24(20)34-22(29)14-8-2/h4,20,24-26H,7-9,11-19H2,1-3,5-6H3/q+1/t20-,24?,25+,26?/m0/s1. The van der Waals surface area contributed by atoms with Gasteiger partial charge < -0.3 is 28.2 Å². The first kappa shape index (κ1) is 30.9. The van der Waals surface area contributed by atoms with Crippen molar-refractivity contribution < 1.29 is 42.6 Å². The molecule has 2 unspecified atom stereocenters. The highest BCUT2D eigenvalue weighted by Crippen LogP contribution is 2.26. The highest BCUT2D eigenvalue weighted by atomic mass is 16.7. The average Bonchev–Trinajstić information content (AvgIpc) is 2.77. The Morgan fingerprint density at radius 2 is 1.43 bits per heavy atom. The third-order valence-electron chi connectivity index (χ3n) is 5.52. The number of terminal acetylenes is 1. The smallest absolute Gasteiger partial charge is 0.306 e. The van der Waals surface area contributed by atoms with E-state index in [4.69, 9.17) is 30.1 Å². The Bertz CT molecular complexity index is 702. The maximum atomic E-state index is 12.4. The lowest BCUT2D eigenvalue weighted by molar-refractivity contribution is -0.883. The van der Waals surface area contributed by atoms with Crippen molar-refractivity contribution in [3.8, 4) is 12.3 Å². The van der Waals surface area contributed by atoms with Gasteiger partial charge in [0.25, 0.3) is 0 Å². The van der Waals surface area contributed by atoms with Gasteiger partial charge in [-0.05, 0) is 38.0 Å². The molecule has 0 radical (unpaired) electrons. The lowest BCUT2D eigenvalue weighted by atomic mass is 10.0.